The Labute approximate surface area is 203 Å². The van der Waals surface area contributed by atoms with E-state index in [1.165, 1.54) is 4.90 Å². The highest BCUT2D eigenvalue weighted by Crippen LogP contribution is 2.55. The Kier molecular flexibility index (Phi) is 5.66. The van der Waals surface area contributed by atoms with Crippen LogP contribution in [0.5, 0.6) is 0 Å². The summed E-state index contributed by atoms with van der Waals surface area (Å²) in [5.74, 6) is 1.67. The van der Waals surface area contributed by atoms with Crippen molar-refractivity contribution in [1.82, 2.24) is 9.80 Å². The lowest BCUT2D eigenvalue weighted by Gasteiger charge is -2.26. The summed E-state index contributed by atoms with van der Waals surface area (Å²) < 4.78 is 0. The van der Waals surface area contributed by atoms with Gasteiger partial charge in [-0.05, 0) is 47.6 Å². The number of carbonyl (C=O) groups is 2. The minimum atomic E-state index is -0.237. The maximum atomic E-state index is 13.2. The number of likely N-dealkylation sites (tertiary alicyclic amines) is 2. The van der Waals surface area contributed by atoms with Crippen molar-refractivity contribution in [3.8, 4) is 0 Å². The lowest BCUT2D eigenvalue weighted by Crippen LogP contribution is -2.32. The van der Waals surface area contributed by atoms with Crippen LogP contribution in [0.1, 0.15) is 37.8 Å². The molecule has 5 rings (SSSR count). The fourth-order valence-electron chi connectivity index (χ4n) is 7.46. The fourth-order valence-corrected chi connectivity index (χ4v) is 7.46. The minimum absolute atomic E-state index is 0.0177. The van der Waals surface area contributed by atoms with E-state index in [2.05, 4.69) is 63.3 Å². The lowest BCUT2D eigenvalue weighted by atomic mass is 9.88. The average Bonchev–Trinajstić information content (AvgIpc) is 3.48. The molecule has 4 heteroatoms. The van der Waals surface area contributed by atoms with Gasteiger partial charge in [-0.1, -0.05) is 63.4 Å². The molecule has 4 nitrogen and oxygen atoms in total. The molecular weight excluding hydrogens is 420 g/mol. The molecule has 178 valence electrons. The van der Waals surface area contributed by atoms with E-state index in [-0.39, 0.29) is 35.5 Å². The molecule has 2 heterocycles. The quantitative estimate of drug-likeness (QED) is 0.416. The fraction of sp³-hybridized carbons (Fsp3) is 0.467. The second-order valence-corrected chi connectivity index (χ2v) is 11.0. The average molecular weight is 457 g/mol. The van der Waals surface area contributed by atoms with Gasteiger partial charge in [0.2, 0.25) is 11.8 Å². The van der Waals surface area contributed by atoms with Crippen LogP contribution >= 0.6 is 0 Å². The van der Waals surface area contributed by atoms with Crippen molar-refractivity contribution >= 4 is 11.8 Å². The summed E-state index contributed by atoms with van der Waals surface area (Å²) in [6, 6.07) is 8.24. The normalized spacial score (nSPS) is 36.9. The van der Waals surface area contributed by atoms with Crippen molar-refractivity contribution in [3.05, 3.63) is 85.3 Å². The zero-order valence-corrected chi connectivity index (χ0v) is 20.5. The van der Waals surface area contributed by atoms with Crippen LogP contribution < -0.4 is 0 Å². The molecule has 2 saturated carbocycles. The Hall–Kier alpha value is -2.88. The van der Waals surface area contributed by atoms with Gasteiger partial charge < -0.3 is 4.90 Å². The van der Waals surface area contributed by atoms with Gasteiger partial charge in [-0.3, -0.25) is 14.5 Å². The third-order valence-electron chi connectivity index (χ3n) is 9.05. The van der Waals surface area contributed by atoms with Gasteiger partial charge in [-0.25, -0.2) is 0 Å². The summed E-state index contributed by atoms with van der Waals surface area (Å²) in [4.78, 5) is 30.1. The first-order valence-corrected chi connectivity index (χ1v) is 12.6. The number of imide groups is 1. The predicted molar refractivity (Wildman–Crippen MR) is 135 cm³/mol. The minimum Gasteiger partial charge on any atom is -0.345 e. The Balaban J connectivity index is 1.32. The summed E-state index contributed by atoms with van der Waals surface area (Å²) in [6.07, 6.45) is 5.96. The molecule has 2 amide bonds. The monoisotopic (exact) mass is 456 g/mol. The van der Waals surface area contributed by atoms with Crippen molar-refractivity contribution in [3.63, 3.8) is 0 Å². The summed E-state index contributed by atoms with van der Waals surface area (Å²) in [5.41, 5.74) is 4.41. The van der Waals surface area contributed by atoms with Crippen molar-refractivity contribution in [2.24, 2.45) is 47.3 Å². The van der Waals surface area contributed by atoms with E-state index in [0.717, 1.165) is 35.4 Å². The number of fused-ring (bicyclic) bond motifs is 2. The molecule has 4 fully saturated rings. The molecule has 0 aromatic heterocycles. The molecule has 2 aliphatic carbocycles. The van der Waals surface area contributed by atoms with Crippen LogP contribution in [0.2, 0.25) is 0 Å². The highest BCUT2D eigenvalue weighted by atomic mass is 16.2. The van der Waals surface area contributed by atoms with Crippen LogP contribution in [0.4, 0.5) is 0 Å². The molecule has 8 unspecified atom stereocenters. The van der Waals surface area contributed by atoms with E-state index >= 15 is 0 Å². The third kappa shape index (κ3) is 3.33. The molecule has 1 aromatic carbocycles. The SMILES string of the molecule is C=CC1CC(C)C2C(=C)N(Cc3cccc(CN4C(=O)C5C(C)CC(C=C)C5C4=O)c3)C(=C)C12. The number of hydrogen-bond acceptors (Lipinski definition) is 3. The van der Waals surface area contributed by atoms with Crippen molar-refractivity contribution in [1.29, 1.82) is 0 Å². The molecule has 0 bridgehead atoms. The smallest absolute Gasteiger partial charge is 0.234 e. The maximum absolute atomic E-state index is 13.2. The molecule has 8 atom stereocenters. The van der Waals surface area contributed by atoms with Crippen molar-refractivity contribution < 1.29 is 9.59 Å². The first kappa shape index (κ1) is 22.9. The standard InChI is InChI=1S/C30H36N2O2/c1-7-23-12-17(3)25-19(5)31(20(6)27(23)25)15-21-10-9-11-22(14-21)16-32-29(33)26-18(4)13-24(8-2)28(26)30(32)34/h7-11,14,17-18,23-28H,1-2,5-6,12-13,15-16H2,3-4H3. The molecule has 2 aliphatic heterocycles. The van der Waals surface area contributed by atoms with Crippen LogP contribution in [0.15, 0.2) is 74.1 Å². The number of amides is 2. The molecule has 2 saturated heterocycles. The number of carbonyl (C=O) groups excluding carboxylic acids is 2. The van der Waals surface area contributed by atoms with Crippen molar-refractivity contribution in [2.75, 3.05) is 0 Å². The van der Waals surface area contributed by atoms with Crippen LogP contribution in [0.3, 0.4) is 0 Å². The Morgan fingerprint density at radius 3 is 1.91 bits per heavy atom. The van der Waals surface area contributed by atoms with Gasteiger partial charge in [-0.2, -0.15) is 0 Å². The number of allylic oxidation sites excluding steroid dienone is 4. The van der Waals surface area contributed by atoms with Gasteiger partial charge in [0.1, 0.15) is 0 Å². The van der Waals surface area contributed by atoms with E-state index in [9.17, 15) is 9.59 Å². The van der Waals surface area contributed by atoms with E-state index in [1.807, 2.05) is 18.2 Å². The summed E-state index contributed by atoms with van der Waals surface area (Å²) in [6.45, 7) is 22.3. The Bertz CT molecular complexity index is 1010. The van der Waals surface area contributed by atoms with Crippen LogP contribution in [0.25, 0.3) is 0 Å². The molecule has 0 spiro atoms. The lowest BCUT2D eigenvalue weighted by molar-refractivity contribution is -0.141. The zero-order valence-electron chi connectivity index (χ0n) is 20.5. The number of nitrogens with zero attached hydrogens (tertiary/aromatic N) is 2. The zero-order chi connectivity index (χ0) is 24.3. The van der Waals surface area contributed by atoms with Gasteiger partial charge in [0.15, 0.2) is 0 Å². The van der Waals surface area contributed by atoms with Crippen LogP contribution in [-0.2, 0) is 22.7 Å². The molecule has 1 aromatic rings. The molecule has 0 N–H and O–H groups in total. The third-order valence-corrected chi connectivity index (χ3v) is 9.05. The van der Waals surface area contributed by atoms with Crippen LogP contribution in [-0.4, -0.2) is 21.6 Å². The van der Waals surface area contributed by atoms with E-state index in [1.54, 1.807) is 0 Å². The van der Waals surface area contributed by atoms with Gasteiger partial charge >= 0.3 is 0 Å². The summed E-state index contributed by atoms with van der Waals surface area (Å²) in [7, 11) is 0. The van der Waals surface area contributed by atoms with E-state index in [0.29, 0.717) is 36.8 Å². The summed E-state index contributed by atoms with van der Waals surface area (Å²) >= 11 is 0. The van der Waals surface area contributed by atoms with E-state index in [4.69, 9.17) is 0 Å². The van der Waals surface area contributed by atoms with Gasteiger partial charge in [0, 0.05) is 29.8 Å². The maximum Gasteiger partial charge on any atom is 0.234 e. The van der Waals surface area contributed by atoms with E-state index < -0.39 is 0 Å². The molecule has 34 heavy (non-hydrogen) atoms. The van der Waals surface area contributed by atoms with Crippen LogP contribution in [0, 0.1) is 47.3 Å². The largest absolute Gasteiger partial charge is 0.345 e. The number of hydrogen-bond donors (Lipinski definition) is 0. The second kappa shape index (κ2) is 8.41. The van der Waals surface area contributed by atoms with Gasteiger partial charge in [0.05, 0.1) is 18.4 Å². The summed E-state index contributed by atoms with van der Waals surface area (Å²) in [5, 5.41) is 0. The predicted octanol–water partition coefficient (Wildman–Crippen LogP) is 5.55. The van der Waals surface area contributed by atoms with Gasteiger partial charge in [0.25, 0.3) is 0 Å². The topological polar surface area (TPSA) is 40.6 Å². The first-order valence-electron chi connectivity index (χ1n) is 12.6. The second-order valence-electron chi connectivity index (χ2n) is 11.0. The highest BCUT2D eigenvalue weighted by molar-refractivity contribution is 6.05. The Morgan fingerprint density at radius 1 is 0.794 bits per heavy atom. The first-order chi connectivity index (χ1) is 16.3. The van der Waals surface area contributed by atoms with Crippen molar-refractivity contribution in [2.45, 2.75) is 39.8 Å². The molecule has 4 aliphatic rings. The Morgan fingerprint density at radius 2 is 1.29 bits per heavy atom. The highest BCUT2D eigenvalue weighted by Gasteiger charge is 2.56. The molecular formula is C30H36N2O2. The number of benzene rings is 1. The number of rotatable bonds is 6. The molecule has 0 radical (unpaired) electrons. The van der Waals surface area contributed by atoms with Gasteiger partial charge in [-0.15, -0.1) is 13.2 Å².